The summed E-state index contributed by atoms with van der Waals surface area (Å²) in [7, 11) is 1.32. The second-order valence-corrected chi connectivity index (χ2v) is 5.64. The van der Waals surface area contributed by atoms with Gasteiger partial charge in [-0.1, -0.05) is 12.1 Å². The molecule has 2 amide bonds. The molecule has 0 heterocycles. The highest BCUT2D eigenvalue weighted by molar-refractivity contribution is 5.92. The van der Waals surface area contributed by atoms with Crippen LogP contribution in [0.1, 0.15) is 27.0 Å². The van der Waals surface area contributed by atoms with Crippen LogP contribution in [0.25, 0.3) is 0 Å². The molecule has 0 unspecified atom stereocenters. The molecule has 0 aliphatic carbocycles. The lowest BCUT2D eigenvalue weighted by atomic mass is 10.1. The quantitative estimate of drug-likeness (QED) is 0.643. The summed E-state index contributed by atoms with van der Waals surface area (Å²) in [6.07, 6.45) is 0. The van der Waals surface area contributed by atoms with Crippen molar-refractivity contribution in [1.29, 1.82) is 0 Å². The third-order valence-corrected chi connectivity index (χ3v) is 3.89. The average Bonchev–Trinajstić information content (AvgIpc) is 2.61. The Morgan fingerprint density at radius 1 is 0.960 bits per heavy atom. The number of nitrogens with one attached hydrogen (secondary N) is 2. The Bertz CT molecular complexity index is 770. The first-order valence-corrected chi connectivity index (χ1v) is 7.85. The van der Waals surface area contributed by atoms with Gasteiger partial charge in [0.15, 0.2) is 6.73 Å². The van der Waals surface area contributed by atoms with E-state index < -0.39 is 12.0 Å². The fourth-order valence-electron chi connectivity index (χ4n) is 2.30. The summed E-state index contributed by atoms with van der Waals surface area (Å²) >= 11 is 0. The molecule has 2 aromatic rings. The predicted octanol–water partition coefficient (Wildman–Crippen LogP) is 3.56. The van der Waals surface area contributed by atoms with Crippen LogP contribution in [-0.2, 0) is 4.74 Å². The van der Waals surface area contributed by atoms with Crippen LogP contribution in [0.3, 0.4) is 0 Å². The van der Waals surface area contributed by atoms with Crippen molar-refractivity contribution >= 4 is 17.7 Å². The predicted molar refractivity (Wildman–Crippen MR) is 96.1 cm³/mol. The van der Waals surface area contributed by atoms with Crippen molar-refractivity contribution in [2.45, 2.75) is 20.8 Å². The molecule has 2 rings (SSSR count). The van der Waals surface area contributed by atoms with Crippen LogP contribution in [0.4, 0.5) is 10.5 Å². The summed E-state index contributed by atoms with van der Waals surface area (Å²) in [6, 6.07) is 10.0. The molecule has 2 aromatic carbocycles. The number of anilines is 1. The summed E-state index contributed by atoms with van der Waals surface area (Å²) < 4.78 is 10.3. The summed E-state index contributed by atoms with van der Waals surface area (Å²) in [6.45, 7) is 6.02. The van der Waals surface area contributed by atoms with Gasteiger partial charge in [-0.05, 0) is 61.7 Å². The van der Waals surface area contributed by atoms with Crippen LogP contribution < -0.4 is 15.4 Å². The van der Waals surface area contributed by atoms with Crippen LogP contribution in [0.5, 0.6) is 5.75 Å². The van der Waals surface area contributed by atoms with E-state index in [1.165, 1.54) is 7.11 Å². The first-order chi connectivity index (χ1) is 11.9. The number of ether oxygens (including phenoxy) is 2. The number of rotatable bonds is 5. The van der Waals surface area contributed by atoms with E-state index in [4.69, 9.17) is 4.74 Å². The zero-order valence-corrected chi connectivity index (χ0v) is 14.8. The van der Waals surface area contributed by atoms with E-state index in [1.54, 1.807) is 24.3 Å². The van der Waals surface area contributed by atoms with Crippen LogP contribution in [-0.4, -0.2) is 25.8 Å². The molecule has 0 saturated carbocycles. The maximum Gasteiger partial charge on any atom is 0.337 e. The zero-order valence-electron chi connectivity index (χ0n) is 14.8. The van der Waals surface area contributed by atoms with E-state index in [9.17, 15) is 9.59 Å². The molecule has 0 radical (unpaired) electrons. The normalized spacial score (nSPS) is 10.1. The molecule has 0 fully saturated rings. The summed E-state index contributed by atoms with van der Waals surface area (Å²) in [5, 5.41) is 5.31. The van der Waals surface area contributed by atoms with Crippen molar-refractivity contribution in [3.63, 3.8) is 0 Å². The van der Waals surface area contributed by atoms with Crippen molar-refractivity contribution in [2.75, 3.05) is 19.2 Å². The summed E-state index contributed by atoms with van der Waals surface area (Å²) in [5.74, 6) is 0.357. The summed E-state index contributed by atoms with van der Waals surface area (Å²) in [4.78, 5) is 23.3. The van der Waals surface area contributed by atoms with Gasteiger partial charge in [-0.25, -0.2) is 9.59 Å². The van der Waals surface area contributed by atoms with E-state index in [-0.39, 0.29) is 6.73 Å². The molecule has 0 saturated heterocycles. The third kappa shape index (κ3) is 4.73. The largest absolute Gasteiger partial charge is 0.473 e. The van der Waals surface area contributed by atoms with E-state index in [0.717, 1.165) is 22.4 Å². The molecule has 0 atom stereocenters. The molecule has 132 valence electrons. The van der Waals surface area contributed by atoms with Gasteiger partial charge in [-0.2, -0.15) is 0 Å². The van der Waals surface area contributed by atoms with E-state index in [1.807, 2.05) is 32.9 Å². The van der Waals surface area contributed by atoms with E-state index >= 15 is 0 Å². The minimum atomic E-state index is -0.423. The fourth-order valence-corrected chi connectivity index (χ4v) is 2.30. The molecule has 25 heavy (non-hydrogen) atoms. The number of hydrogen-bond acceptors (Lipinski definition) is 4. The van der Waals surface area contributed by atoms with Gasteiger partial charge in [0.2, 0.25) is 0 Å². The zero-order chi connectivity index (χ0) is 18.4. The Morgan fingerprint density at radius 3 is 2.24 bits per heavy atom. The monoisotopic (exact) mass is 342 g/mol. The Hall–Kier alpha value is -3.02. The standard InChI is InChI=1S/C19H22N2O4/c1-12-5-6-13(2)17(14(12)3)25-11-20-19(23)21-16-9-7-15(8-10-16)18(22)24-4/h5-10H,11H2,1-4H3,(H2,20,21,23). The van der Waals surface area contributed by atoms with E-state index in [2.05, 4.69) is 15.4 Å². The number of amides is 2. The van der Waals surface area contributed by atoms with Gasteiger partial charge in [0.25, 0.3) is 0 Å². The number of aryl methyl sites for hydroxylation is 2. The first kappa shape index (κ1) is 18.3. The van der Waals surface area contributed by atoms with Gasteiger partial charge in [-0.15, -0.1) is 0 Å². The van der Waals surface area contributed by atoms with Crippen molar-refractivity contribution in [3.05, 3.63) is 58.7 Å². The highest BCUT2D eigenvalue weighted by Crippen LogP contribution is 2.25. The SMILES string of the molecule is COC(=O)c1ccc(NC(=O)NCOc2c(C)ccc(C)c2C)cc1. The lowest BCUT2D eigenvalue weighted by molar-refractivity contribution is 0.0600. The maximum atomic E-state index is 11.9. The van der Waals surface area contributed by atoms with Gasteiger partial charge >= 0.3 is 12.0 Å². The number of benzene rings is 2. The molecule has 0 spiro atoms. The minimum absolute atomic E-state index is 0.0528. The van der Waals surface area contributed by atoms with Crippen LogP contribution in [0, 0.1) is 20.8 Å². The number of hydrogen-bond donors (Lipinski definition) is 2. The van der Waals surface area contributed by atoms with Crippen molar-refractivity contribution in [2.24, 2.45) is 0 Å². The smallest absolute Gasteiger partial charge is 0.337 e. The first-order valence-electron chi connectivity index (χ1n) is 7.85. The Balaban J connectivity index is 1.87. The maximum absolute atomic E-state index is 11.9. The molecule has 0 aliphatic rings. The Kier molecular flexibility index (Phi) is 6.00. The highest BCUT2D eigenvalue weighted by Gasteiger charge is 2.08. The average molecular weight is 342 g/mol. The number of carbonyl (C=O) groups is 2. The van der Waals surface area contributed by atoms with Gasteiger partial charge in [-0.3, -0.25) is 0 Å². The number of urea groups is 1. The lowest BCUT2D eigenvalue weighted by Gasteiger charge is -2.14. The Morgan fingerprint density at radius 2 is 1.60 bits per heavy atom. The molecular formula is C19H22N2O4. The Labute approximate surface area is 147 Å². The second kappa shape index (κ2) is 8.19. The molecule has 2 N–H and O–H groups in total. The molecule has 6 heteroatoms. The second-order valence-electron chi connectivity index (χ2n) is 5.64. The van der Waals surface area contributed by atoms with Gasteiger partial charge in [0.1, 0.15) is 5.75 Å². The van der Waals surface area contributed by atoms with Gasteiger partial charge in [0, 0.05) is 5.69 Å². The van der Waals surface area contributed by atoms with Crippen molar-refractivity contribution in [1.82, 2.24) is 5.32 Å². The molecule has 6 nitrogen and oxygen atoms in total. The van der Waals surface area contributed by atoms with Crippen LogP contribution in [0.2, 0.25) is 0 Å². The highest BCUT2D eigenvalue weighted by atomic mass is 16.5. The topological polar surface area (TPSA) is 76.7 Å². The van der Waals surface area contributed by atoms with E-state index in [0.29, 0.717) is 11.3 Å². The molecular weight excluding hydrogens is 320 g/mol. The molecule has 0 aliphatic heterocycles. The minimum Gasteiger partial charge on any atom is -0.473 e. The fraction of sp³-hybridized carbons (Fsp3) is 0.263. The molecule has 0 bridgehead atoms. The van der Waals surface area contributed by atoms with Gasteiger partial charge in [0.05, 0.1) is 12.7 Å². The molecule has 0 aromatic heterocycles. The van der Waals surface area contributed by atoms with Gasteiger partial charge < -0.3 is 20.1 Å². The van der Waals surface area contributed by atoms with Crippen molar-refractivity contribution < 1.29 is 19.1 Å². The van der Waals surface area contributed by atoms with Crippen LogP contribution >= 0.6 is 0 Å². The lowest BCUT2D eigenvalue weighted by Crippen LogP contribution is -2.32. The number of carbonyl (C=O) groups excluding carboxylic acids is 2. The number of methoxy groups -OCH3 is 1. The number of esters is 1. The third-order valence-electron chi connectivity index (χ3n) is 3.89. The van der Waals surface area contributed by atoms with Crippen molar-refractivity contribution in [3.8, 4) is 5.75 Å². The summed E-state index contributed by atoms with van der Waals surface area (Å²) in [5.41, 5.74) is 4.19. The van der Waals surface area contributed by atoms with Crippen LogP contribution in [0.15, 0.2) is 36.4 Å².